The Morgan fingerprint density at radius 3 is 2.93 bits per heavy atom. The maximum atomic E-state index is 4.27. The highest BCUT2D eigenvalue weighted by Gasteiger charge is 2.16. The van der Waals surface area contributed by atoms with Gasteiger partial charge in [0.15, 0.2) is 0 Å². The van der Waals surface area contributed by atoms with E-state index in [1.54, 1.807) is 0 Å². The maximum absolute atomic E-state index is 4.27. The molecule has 1 aromatic heterocycles. The van der Waals surface area contributed by atoms with Crippen molar-refractivity contribution in [1.82, 2.24) is 14.9 Å². The third-order valence-electron chi connectivity index (χ3n) is 3.27. The molecule has 1 saturated carbocycles. The third-order valence-corrected chi connectivity index (χ3v) is 3.27. The molecule has 1 heterocycles. The molecule has 0 saturated heterocycles. The van der Waals surface area contributed by atoms with Crippen LogP contribution in [0.1, 0.15) is 50.8 Å². The van der Waals surface area contributed by atoms with E-state index in [9.17, 15) is 0 Å². The topological polar surface area (TPSA) is 29.9 Å². The molecule has 1 aromatic rings. The molecule has 1 N–H and O–H groups in total. The summed E-state index contributed by atoms with van der Waals surface area (Å²) in [7, 11) is 0. The van der Waals surface area contributed by atoms with Gasteiger partial charge in [0.1, 0.15) is 0 Å². The van der Waals surface area contributed by atoms with Crippen molar-refractivity contribution >= 4 is 0 Å². The average molecular weight is 207 g/mol. The van der Waals surface area contributed by atoms with Crippen LogP contribution >= 0.6 is 0 Å². The van der Waals surface area contributed by atoms with Crippen LogP contribution in [-0.4, -0.2) is 16.1 Å². The fourth-order valence-electron chi connectivity index (χ4n) is 2.41. The normalized spacial score (nSPS) is 18.2. The summed E-state index contributed by atoms with van der Waals surface area (Å²) < 4.78 is 2.38. The van der Waals surface area contributed by atoms with Crippen LogP contribution in [-0.2, 0) is 6.54 Å². The first-order valence-electron chi connectivity index (χ1n) is 6.13. The van der Waals surface area contributed by atoms with Gasteiger partial charge in [0, 0.05) is 18.8 Å². The summed E-state index contributed by atoms with van der Waals surface area (Å²) >= 11 is 0. The van der Waals surface area contributed by atoms with E-state index in [1.165, 1.54) is 37.8 Å². The van der Waals surface area contributed by atoms with Crippen molar-refractivity contribution in [2.24, 2.45) is 0 Å². The number of imidazole rings is 1. The van der Waals surface area contributed by atoms with Crippen molar-refractivity contribution < 1.29 is 0 Å². The van der Waals surface area contributed by atoms with Gasteiger partial charge in [-0.05, 0) is 19.4 Å². The molecule has 3 nitrogen and oxygen atoms in total. The molecule has 3 heteroatoms. The van der Waals surface area contributed by atoms with Crippen molar-refractivity contribution in [2.75, 3.05) is 6.54 Å². The first kappa shape index (κ1) is 10.7. The van der Waals surface area contributed by atoms with Gasteiger partial charge in [-0.3, -0.25) is 0 Å². The fourth-order valence-corrected chi connectivity index (χ4v) is 2.41. The van der Waals surface area contributed by atoms with Gasteiger partial charge in [-0.15, -0.1) is 0 Å². The summed E-state index contributed by atoms with van der Waals surface area (Å²) in [5.41, 5.74) is 1.34. The predicted molar refractivity (Wildman–Crippen MR) is 61.7 cm³/mol. The van der Waals surface area contributed by atoms with E-state index in [0.29, 0.717) is 6.04 Å². The second-order valence-corrected chi connectivity index (χ2v) is 4.36. The van der Waals surface area contributed by atoms with Crippen molar-refractivity contribution in [3.8, 4) is 0 Å². The molecule has 0 unspecified atom stereocenters. The van der Waals surface area contributed by atoms with Crippen LogP contribution in [0.3, 0.4) is 0 Å². The molecule has 0 radical (unpaired) electrons. The van der Waals surface area contributed by atoms with Crippen LogP contribution in [0.15, 0.2) is 12.5 Å². The molecular weight excluding hydrogens is 186 g/mol. The Kier molecular flexibility index (Phi) is 3.78. The molecule has 1 aliphatic carbocycles. The smallest absolute Gasteiger partial charge is 0.0951 e. The van der Waals surface area contributed by atoms with Crippen LogP contribution in [0.5, 0.6) is 0 Å². The lowest BCUT2D eigenvalue weighted by atomic mass is 9.95. The number of rotatable bonds is 4. The van der Waals surface area contributed by atoms with Crippen molar-refractivity contribution in [3.05, 3.63) is 18.2 Å². The highest BCUT2D eigenvalue weighted by molar-refractivity contribution is 5.00. The van der Waals surface area contributed by atoms with Crippen LogP contribution in [0, 0.1) is 0 Å². The molecule has 1 fully saturated rings. The standard InChI is InChI=1S/C12H21N3/c1-2-13-8-12-9-14-10-15(12)11-6-4-3-5-7-11/h9-11,13H,2-8H2,1H3. The second-order valence-electron chi connectivity index (χ2n) is 4.36. The summed E-state index contributed by atoms with van der Waals surface area (Å²) in [4.78, 5) is 4.27. The first-order chi connectivity index (χ1) is 7.42. The number of hydrogen-bond donors (Lipinski definition) is 1. The number of nitrogens with one attached hydrogen (secondary N) is 1. The zero-order valence-corrected chi connectivity index (χ0v) is 9.58. The average Bonchev–Trinajstić information content (AvgIpc) is 2.75. The zero-order valence-electron chi connectivity index (χ0n) is 9.58. The van der Waals surface area contributed by atoms with E-state index < -0.39 is 0 Å². The molecule has 0 aromatic carbocycles. The van der Waals surface area contributed by atoms with Gasteiger partial charge < -0.3 is 9.88 Å². The Balaban J connectivity index is 2.02. The minimum Gasteiger partial charge on any atom is -0.330 e. The Hall–Kier alpha value is -0.830. The Labute approximate surface area is 91.9 Å². The minimum atomic E-state index is 0.704. The van der Waals surface area contributed by atoms with Gasteiger partial charge in [-0.1, -0.05) is 26.2 Å². The van der Waals surface area contributed by atoms with E-state index in [4.69, 9.17) is 0 Å². The van der Waals surface area contributed by atoms with Crippen LogP contribution in [0.2, 0.25) is 0 Å². The lowest BCUT2D eigenvalue weighted by Gasteiger charge is -2.24. The van der Waals surface area contributed by atoms with Gasteiger partial charge >= 0.3 is 0 Å². The molecule has 2 rings (SSSR count). The third kappa shape index (κ3) is 2.59. The molecule has 0 atom stereocenters. The van der Waals surface area contributed by atoms with Gasteiger partial charge in [0.25, 0.3) is 0 Å². The van der Waals surface area contributed by atoms with Crippen molar-refractivity contribution in [1.29, 1.82) is 0 Å². The minimum absolute atomic E-state index is 0.704. The van der Waals surface area contributed by atoms with Crippen LogP contribution in [0.4, 0.5) is 0 Å². The van der Waals surface area contributed by atoms with E-state index >= 15 is 0 Å². The predicted octanol–water partition coefficient (Wildman–Crippen LogP) is 2.50. The quantitative estimate of drug-likeness (QED) is 0.822. The van der Waals surface area contributed by atoms with Crippen LogP contribution < -0.4 is 5.32 Å². The number of aromatic nitrogens is 2. The zero-order chi connectivity index (χ0) is 10.5. The van der Waals surface area contributed by atoms with E-state index in [-0.39, 0.29) is 0 Å². The molecule has 0 spiro atoms. The Morgan fingerprint density at radius 2 is 2.20 bits per heavy atom. The summed E-state index contributed by atoms with van der Waals surface area (Å²) in [6, 6.07) is 0.704. The second kappa shape index (κ2) is 5.31. The summed E-state index contributed by atoms with van der Waals surface area (Å²) in [6.07, 6.45) is 10.8. The summed E-state index contributed by atoms with van der Waals surface area (Å²) in [5.74, 6) is 0. The van der Waals surface area contributed by atoms with Crippen LogP contribution in [0.25, 0.3) is 0 Å². The lowest BCUT2D eigenvalue weighted by molar-refractivity contribution is 0.345. The first-order valence-corrected chi connectivity index (χ1v) is 6.13. The molecule has 15 heavy (non-hydrogen) atoms. The SMILES string of the molecule is CCNCc1cncn1C1CCCCC1. The number of nitrogens with zero attached hydrogens (tertiary/aromatic N) is 2. The van der Waals surface area contributed by atoms with E-state index in [0.717, 1.165) is 13.1 Å². The van der Waals surface area contributed by atoms with Gasteiger partial charge in [-0.25, -0.2) is 4.98 Å². The highest BCUT2D eigenvalue weighted by atomic mass is 15.1. The van der Waals surface area contributed by atoms with E-state index in [1.807, 2.05) is 12.5 Å². The van der Waals surface area contributed by atoms with Crippen molar-refractivity contribution in [2.45, 2.75) is 51.6 Å². The molecule has 0 aliphatic heterocycles. The molecule has 1 aliphatic rings. The molecule has 84 valence electrons. The molecule has 0 bridgehead atoms. The largest absolute Gasteiger partial charge is 0.330 e. The molecule has 0 amide bonds. The summed E-state index contributed by atoms with van der Waals surface area (Å²) in [5, 5.41) is 3.37. The van der Waals surface area contributed by atoms with Gasteiger partial charge in [-0.2, -0.15) is 0 Å². The maximum Gasteiger partial charge on any atom is 0.0951 e. The number of hydrogen-bond acceptors (Lipinski definition) is 2. The lowest BCUT2D eigenvalue weighted by Crippen LogP contribution is -2.19. The highest BCUT2D eigenvalue weighted by Crippen LogP contribution is 2.28. The molecular formula is C12H21N3. The van der Waals surface area contributed by atoms with Gasteiger partial charge in [0.2, 0.25) is 0 Å². The Bertz CT molecular complexity index is 287. The summed E-state index contributed by atoms with van der Waals surface area (Å²) in [6.45, 7) is 4.12. The monoisotopic (exact) mass is 207 g/mol. The van der Waals surface area contributed by atoms with Crippen molar-refractivity contribution in [3.63, 3.8) is 0 Å². The van der Waals surface area contributed by atoms with E-state index in [2.05, 4.69) is 21.8 Å². The fraction of sp³-hybridized carbons (Fsp3) is 0.750. The van der Waals surface area contributed by atoms with Gasteiger partial charge in [0.05, 0.1) is 12.0 Å². The Morgan fingerprint density at radius 1 is 1.40 bits per heavy atom.